The molecule has 124 valence electrons. The smallest absolute Gasteiger partial charge is 0.196 e. The van der Waals surface area contributed by atoms with Crippen LogP contribution < -0.4 is 19.6 Å². The van der Waals surface area contributed by atoms with Crippen LogP contribution in [0.3, 0.4) is 0 Å². The molecule has 0 atom stereocenters. The fourth-order valence-corrected chi connectivity index (χ4v) is 2.65. The molecule has 0 aliphatic carbocycles. The van der Waals surface area contributed by atoms with E-state index in [-0.39, 0.29) is 5.43 Å². The molecule has 0 amide bonds. The van der Waals surface area contributed by atoms with Gasteiger partial charge < -0.3 is 18.6 Å². The van der Waals surface area contributed by atoms with Gasteiger partial charge in [-0.3, -0.25) is 4.79 Å². The van der Waals surface area contributed by atoms with E-state index in [2.05, 4.69) is 0 Å². The molecule has 0 unspecified atom stereocenters. The molecule has 5 nitrogen and oxygen atoms in total. The lowest BCUT2D eigenvalue weighted by Crippen LogP contribution is -2.07. The Bertz CT molecular complexity index is 956. The van der Waals surface area contributed by atoms with Crippen LogP contribution in [0.2, 0.25) is 0 Å². The number of fused-ring (bicyclic) bond motifs is 1. The fourth-order valence-electron chi connectivity index (χ4n) is 2.65. The van der Waals surface area contributed by atoms with Crippen molar-refractivity contribution in [2.24, 2.45) is 0 Å². The predicted octanol–water partition coefficient (Wildman–Crippen LogP) is 3.79. The van der Waals surface area contributed by atoms with Gasteiger partial charge in [-0.15, -0.1) is 0 Å². The third-order valence-electron chi connectivity index (χ3n) is 3.97. The van der Waals surface area contributed by atoms with Gasteiger partial charge in [0.2, 0.25) is 0 Å². The Balaban J connectivity index is 2.24. The first kappa shape index (κ1) is 15.9. The summed E-state index contributed by atoms with van der Waals surface area (Å²) in [5.41, 5.74) is 1.71. The van der Waals surface area contributed by atoms with E-state index >= 15 is 0 Å². The second-order valence-corrected chi connectivity index (χ2v) is 5.32. The first-order valence-electron chi connectivity index (χ1n) is 7.43. The summed E-state index contributed by atoms with van der Waals surface area (Å²) in [6, 6.07) is 10.6. The van der Waals surface area contributed by atoms with Gasteiger partial charge in [0.15, 0.2) is 16.9 Å². The number of ether oxygens (including phenoxy) is 3. The Morgan fingerprint density at radius 1 is 0.875 bits per heavy atom. The van der Waals surface area contributed by atoms with Crippen molar-refractivity contribution < 1.29 is 18.6 Å². The van der Waals surface area contributed by atoms with E-state index in [1.807, 2.05) is 6.07 Å². The highest BCUT2D eigenvalue weighted by molar-refractivity contribution is 5.82. The lowest BCUT2D eigenvalue weighted by Gasteiger charge is -2.11. The van der Waals surface area contributed by atoms with Crippen LogP contribution in [-0.4, -0.2) is 21.3 Å². The van der Waals surface area contributed by atoms with Gasteiger partial charge in [0.25, 0.3) is 0 Å². The molecule has 5 heteroatoms. The monoisotopic (exact) mass is 326 g/mol. The van der Waals surface area contributed by atoms with E-state index in [4.69, 9.17) is 18.6 Å². The van der Waals surface area contributed by atoms with Crippen molar-refractivity contribution >= 4 is 11.0 Å². The maximum Gasteiger partial charge on any atom is 0.196 e. The molecule has 0 fully saturated rings. The van der Waals surface area contributed by atoms with Crippen LogP contribution in [0.15, 0.2) is 45.6 Å². The summed E-state index contributed by atoms with van der Waals surface area (Å²) in [5.74, 6) is 2.32. The molecule has 0 spiro atoms. The van der Waals surface area contributed by atoms with E-state index in [9.17, 15) is 4.79 Å². The quantitative estimate of drug-likeness (QED) is 0.730. The first-order valence-corrected chi connectivity index (χ1v) is 7.43. The maximum atomic E-state index is 12.7. The average molecular weight is 326 g/mol. The molecule has 0 bridgehead atoms. The standard InChI is InChI=1S/C19H18O5/c1-11-18(20)14-10-13(21-2)6-8-15(14)24-19(11)12-5-7-16(22-3)17(9-12)23-4/h5-10H,1-4H3. The van der Waals surface area contributed by atoms with E-state index in [0.29, 0.717) is 39.5 Å². The summed E-state index contributed by atoms with van der Waals surface area (Å²) in [5, 5.41) is 0.496. The lowest BCUT2D eigenvalue weighted by molar-refractivity contribution is 0.355. The Hall–Kier alpha value is -2.95. The topological polar surface area (TPSA) is 57.9 Å². The number of rotatable bonds is 4. The van der Waals surface area contributed by atoms with Gasteiger partial charge >= 0.3 is 0 Å². The zero-order valence-electron chi connectivity index (χ0n) is 14.0. The highest BCUT2D eigenvalue weighted by Gasteiger charge is 2.15. The first-order chi connectivity index (χ1) is 11.6. The van der Waals surface area contributed by atoms with Crippen LogP contribution in [0.1, 0.15) is 5.56 Å². The fraction of sp³-hybridized carbons (Fsp3) is 0.211. The maximum absolute atomic E-state index is 12.7. The molecule has 3 rings (SSSR count). The summed E-state index contributed by atoms with van der Waals surface area (Å²) in [4.78, 5) is 12.7. The third-order valence-corrected chi connectivity index (χ3v) is 3.97. The molecule has 1 aromatic heterocycles. The van der Waals surface area contributed by atoms with Crippen molar-refractivity contribution in [1.29, 1.82) is 0 Å². The minimum Gasteiger partial charge on any atom is -0.497 e. The highest BCUT2D eigenvalue weighted by Crippen LogP contribution is 2.34. The molecule has 0 saturated carbocycles. The molecule has 0 saturated heterocycles. The molecular formula is C19H18O5. The molecule has 24 heavy (non-hydrogen) atoms. The van der Waals surface area contributed by atoms with Crippen LogP contribution in [0, 0.1) is 6.92 Å². The van der Waals surface area contributed by atoms with Gasteiger partial charge in [-0.1, -0.05) is 0 Å². The van der Waals surface area contributed by atoms with Crippen molar-refractivity contribution in [3.8, 4) is 28.6 Å². The Kier molecular flexibility index (Phi) is 4.16. The van der Waals surface area contributed by atoms with Gasteiger partial charge in [0, 0.05) is 11.1 Å². The van der Waals surface area contributed by atoms with Crippen LogP contribution >= 0.6 is 0 Å². The zero-order chi connectivity index (χ0) is 17.3. The van der Waals surface area contributed by atoms with Crippen molar-refractivity contribution in [2.75, 3.05) is 21.3 Å². The van der Waals surface area contributed by atoms with Crippen molar-refractivity contribution in [2.45, 2.75) is 6.92 Å². The molecule has 2 aromatic carbocycles. The lowest BCUT2D eigenvalue weighted by atomic mass is 10.0. The molecule has 0 radical (unpaired) electrons. The second-order valence-electron chi connectivity index (χ2n) is 5.32. The largest absolute Gasteiger partial charge is 0.497 e. The van der Waals surface area contributed by atoms with E-state index in [1.54, 1.807) is 58.6 Å². The number of hydrogen-bond donors (Lipinski definition) is 0. The summed E-state index contributed by atoms with van der Waals surface area (Å²) in [6.45, 7) is 1.75. The number of hydrogen-bond acceptors (Lipinski definition) is 5. The van der Waals surface area contributed by atoms with Gasteiger partial charge in [-0.2, -0.15) is 0 Å². The van der Waals surface area contributed by atoms with Gasteiger partial charge in [-0.05, 0) is 43.3 Å². The zero-order valence-corrected chi connectivity index (χ0v) is 14.0. The molecule has 1 heterocycles. The van der Waals surface area contributed by atoms with E-state index < -0.39 is 0 Å². The van der Waals surface area contributed by atoms with Crippen LogP contribution in [-0.2, 0) is 0 Å². The van der Waals surface area contributed by atoms with Crippen molar-refractivity contribution in [1.82, 2.24) is 0 Å². The average Bonchev–Trinajstić information content (AvgIpc) is 2.63. The molecule has 0 aliphatic rings. The Morgan fingerprint density at radius 2 is 1.62 bits per heavy atom. The van der Waals surface area contributed by atoms with Crippen molar-refractivity contribution in [3.05, 3.63) is 52.2 Å². The van der Waals surface area contributed by atoms with E-state index in [0.717, 1.165) is 5.56 Å². The van der Waals surface area contributed by atoms with Crippen molar-refractivity contribution in [3.63, 3.8) is 0 Å². The SMILES string of the molecule is COc1ccc2oc(-c3ccc(OC)c(OC)c3)c(C)c(=O)c2c1. The second kappa shape index (κ2) is 6.28. The minimum absolute atomic E-state index is 0.0834. The van der Waals surface area contributed by atoms with Gasteiger partial charge in [0.05, 0.1) is 26.7 Å². The minimum atomic E-state index is -0.0834. The van der Waals surface area contributed by atoms with E-state index in [1.165, 1.54) is 0 Å². The molecule has 0 aliphatic heterocycles. The number of benzene rings is 2. The highest BCUT2D eigenvalue weighted by atomic mass is 16.5. The molecule has 0 N–H and O–H groups in total. The third kappa shape index (κ3) is 2.58. The van der Waals surface area contributed by atoms with Crippen LogP contribution in [0.4, 0.5) is 0 Å². The molecule has 3 aromatic rings. The van der Waals surface area contributed by atoms with Crippen LogP contribution in [0.25, 0.3) is 22.3 Å². The predicted molar refractivity (Wildman–Crippen MR) is 92.3 cm³/mol. The van der Waals surface area contributed by atoms with Gasteiger partial charge in [-0.25, -0.2) is 0 Å². The summed E-state index contributed by atoms with van der Waals surface area (Å²) in [7, 11) is 4.71. The normalized spacial score (nSPS) is 10.7. The Morgan fingerprint density at radius 3 is 2.29 bits per heavy atom. The number of methoxy groups -OCH3 is 3. The summed E-state index contributed by atoms with van der Waals surface area (Å²) in [6.07, 6.45) is 0. The summed E-state index contributed by atoms with van der Waals surface area (Å²) >= 11 is 0. The van der Waals surface area contributed by atoms with Gasteiger partial charge in [0.1, 0.15) is 17.1 Å². The molecular weight excluding hydrogens is 308 g/mol. The summed E-state index contributed by atoms with van der Waals surface area (Å²) < 4.78 is 21.7. The Labute approximate surface area is 139 Å². The van der Waals surface area contributed by atoms with Crippen LogP contribution in [0.5, 0.6) is 17.2 Å².